The van der Waals surface area contributed by atoms with Crippen LogP contribution in [-0.4, -0.2) is 64.7 Å². The lowest BCUT2D eigenvalue weighted by atomic mass is 9.96. The van der Waals surface area contributed by atoms with E-state index in [4.69, 9.17) is 4.52 Å². The molecule has 1 atom stereocenters. The molecule has 2 N–H and O–H groups in total. The number of likely N-dealkylation sites (tertiary alicyclic amines) is 1. The lowest BCUT2D eigenvalue weighted by Gasteiger charge is -2.15. The standard InChI is InChI=1S/C32H30F3N9O3/c1-5-6-24(45)43-12-10-21(17-43)44-16-20(15-38-44)26-39-25-22(9-11-36-27(25)40-26)18-7-8-19(23(13-18)32(33,34)35)14-37-28(46)29-41-30(42-47-29)31(2,3)4/h7-9,11,13,15-16,21H,10,12,14,17H2,1-4H3,(H,37,46)(H,36,39,40). The average molecular weight is 646 g/mol. The first-order chi connectivity index (χ1) is 22.3. The highest BCUT2D eigenvalue weighted by Gasteiger charge is 2.34. The predicted octanol–water partition coefficient (Wildman–Crippen LogP) is 4.91. The maximum atomic E-state index is 14.3. The van der Waals surface area contributed by atoms with Gasteiger partial charge in [0.05, 0.1) is 28.9 Å². The molecule has 242 valence electrons. The van der Waals surface area contributed by atoms with E-state index in [2.05, 4.69) is 47.3 Å². The Balaban J connectivity index is 1.24. The fourth-order valence-electron chi connectivity index (χ4n) is 5.31. The SMILES string of the molecule is CC#CC(=O)N1CCC(n2cc(-c3nc4nccc(-c5ccc(CNC(=O)c6nc(C(C)(C)C)no6)c(C(F)(F)F)c5)c4[nH]3)cn2)C1. The van der Waals surface area contributed by atoms with Gasteiger partial charge in [-0.25, -0.2) is 9.97 Å². The third-order valence-electron chi connectivity index (χ3n) is 7.78. The molecule has 12 nitrogen and oxygen atoms in total. The number of carbonyl (C=O) groups is 2. The summed E-state index contributed by atoms with van der Waals surface area (Å²) >= 11 is 0. The van der Waals surface area contributed by atoms with Crippen molar-refractivity contribution >= 4 is 23.0 Å². The summed E-state index contributed by atoms with van der Waals surface area (Å²) in [5.74, 6) is 4.60. The first-order valence-corrected chi connectivity index (χ1v) is 14.8. The number of amides is 2. The molecule has 1 aliphatic rings. The maximum absolute atomic E-state index is 14.3. The molecule has 4 aromatic heterocycles. The number of alkyl halides is 3. The highest BCUT2D eigenvalue weighted by atomic mass is 19.4. The molecule has 6 rings (SSSR count). The van der Waals surface area contributed by atoms with Gasteiger partial charge in [0.1, 0.15) is 5.82 Å². The zero-order valence-corrected chi connectivity index (χ0v) is 25.9. The van der Waals surface area contributed by atoms with Crippen LogP contribution in [-0.2, 0) is 22.9 Å². The molecular formula is C32H30F3N9O3. The fourth-order valence-corrected chi connectivity index (χ4v) is 5.31. The van der Waals surface area contributed by atoms with E-state index in [0.29, 0.717) is 47.0 Å². The number of rotatable bonds is 6. The van der Waals surface area contributed by atoms with Crippen LogP contribution in [0.25, 0.3) is 33.7 Å². The van der Waals surface area contributed by atoms with Crippen molar-refractivity contribution in [2.75, 3.05) is 13.1 Å². The normalized spacial score (nSPS) is 15.1. The molecule has 0 saturated carbocycles. The summed E-state index contributed by atoms with van der Waals surface area (Å²) < 4.78 is 49.6. The largest absolute Gasteiger partial charge is 0.416 e. The summed E-state index contributed by atoms with van der Waals surface area (Å²) in [4.78, 5) is 42.5. The second kappa shape index (κ2) is 12.0. The van der Waals surface area contributed by atoms with Crippen LogP contribution < -0.4 is 5.32 Å². The number of pyridine rings is 1. The predicted molar refractivity (Wildman–Crippen MR) is 163 cm³/mol. The lowest BCUT2D eigenvalue weighted by molar-refractivity contribution is -0.138. The van der Waals surface area contributed by atoms with Crippen molar-refractivity contribution in [3.8, 4) is 34.4 Å². The Morgan fingerprint density at radius 2 is 1.96 bits per heavy atom. The molecule has 0 bridgehead atoms. The van der Waals surface area contributed by atoms with Crippen LogP contribution in [0.4, 0.5) is 13.2 Å². The van der Waals surface area contributed by atoms with Gasteiger partial charge < -0.3 is 19.7 Å². The monoisotopic (exact) mass is 645 g/mol. The van der Waals surface area contributed by atoms with Gasteiger partial charge in [0.25, 0.3) is 5.91 Å². The Bertz CT molecular complexity index is 2040. The van der Waals surface area contributed by atoms with Gasteiger partial charge >= 0.3 is 18.0 Å². The van der Waals surface area contributed by atoms with Crippen molar-refractivity contribution in [1.29, 1.82) is 0 Å². The van der Waals surface area contributed by atoms with Crippen molar-refractivity contribution in [3.63, 3.8) is 0 Å². The van der Waals surface area contributed by atoms with E-state index in [1.165, 1.54) is 12.3 Å². The summed E-state index contributed by atoms with van der Waals surface area (Å²) in [5.41, 5.74) is 0.657. The molecule has 15 heteroatoms. The van der Waals surface area contributed by atoms with Gasteiger partial charge in [-0.2, -0.15) is 23.3 Å². The van der Waals surface area contributed by atoms with Gasteiger partial charge in [-0.15, -0.1) is 0 Å². The molecule has 0 spiro atoms. The Morgan fingerprint density at radius 1 is 1.15 bits per heavy atom. The fraction of sp³-hybridized carbons (Fsp3) is 0.344. The lowest BCUT2D eigenvalue weighted by Crippen LogP contribution is -2.27. The number of hydrogen-bond acceptors (Lipinski definition) is 8. The molecule has 2 amide bonds. The Labute approximate surface area is 266 Å². The van der Waals surface area contributed by atoms with Crippen molar-refractivity contribution < 1.29 is 27.3 Å². The zero-order valence-electron chi connectivity index (χ0n) is 25.9. The molecule has 1 unspecified atom stereocenters. The van der Waals surface area contributed by atoms with Gasteiger partial charge in [0.15, 0.2) is 11.5 Å². The van der Waals surface area contributed by atoms with Gasteiger partial charge in [-0.1, -0.05) is 44.0 Å². The number of nitrogens with zero attached hydrogens (tertiary/aromatic N) is 7. The van der Waals surface area contributed by atoms with Crippen molar-refractivity contribution in [3.05, 3.63) is 65.7 Å². The van der Waals surface area contributed by atoms with E-state index in [-0.39, 0.29) is 29.0 Å². The highest BCUT2D eigenvalue weighted by molar-refractivity contribution is 5.94. The minimum Gasteiger partial charge on any atom is -0.344 e. The first kappa shape index (κ1) is 31.5. The number of halogens is 3. The first-order valence-electron chi connectivity index (χ1n) is 14.8. The van der Waals surface area contributed by atoms with Gasteiger partial charge in [0, 0.05) is 43.0 Å². The number of H-pyrrole nitrogens is 1. The minimum absolute atomic E-state index is 0.0264. The average Bonchev–Trinajstić information content (AvgIpc) is 3.83. The molecule has 5 aromatic rings. The second-order valence-corrected chi connectivity index (χ2v) is 12.1. The van der Waals surface area contributed by atoms with E-state index >= 15 is 0 Å². The Morgan fingerprint density at radius 3 is 2.68 bits per heavy atom. The summed E-state index contributed by atoms with van der Waals surface area (Å²) in [5, 5.41) is 10.7. The molecule has 1 aromatic carbocycles. The molecule has 0 radical (unpaired) electrons. The number of imidazole rings is 1. The van der Waals surface area contributed by atoms with E-state index in [1.54, 1.807) is 34.8 Å². The van der Waals surface area contributed by atoms with Crippen LogP contribution in [0.5, 0.6) is 0 Å². The number of carbonyl (C=O) groups excluding carboxylic acids is 2. The van der Waals surface area contributed by atoms with Crippen LogP contribution >= 0.6 is 0 Å². The molecule has 5 heterocycles. The molecule has 1 saturated heterocycles. The van der Waals surface area contributed by atoms with Crippen LogP contribution in [0.1, 0.15) is 67.8 Å². The van der Waals surface area contributed by atoms with Gasteiger partial charge in [0.2, 0.25) is 0 Å². The zero-order chi connectivity index (χ0) is 33.5. The van der Waals surface area contributed by atoms with Crippen LogP contribution in [0, 0.1) is 11.8 Å². The molecule has 47 heavy (non-hydrogen) atoms. The Hall–Kier alpha value is -5.52. The van der Waals surface area contributed by atoms with Crippen LogP contribution in [0.2, 0.25) is 0 Å². The number of aromatic amines is 1. The van der Waals surface area contributed by atoms with E-state index in [9.17, 15) is 22.8 Å². The third-order valence-corrected chi connectivity index (χ3v) is 7.78. The number of nitrogens with one attached hydrogen (secondary N) is 2. The topological polar surface area (TPSA) is 148 Å². The number of hydrogen-bond donors (Lipinski definition) is 2. The van der Waals surface area contributed by atoms with E-state index in [0.717, 1.165) is 12.5 Å². The third kappa shape index (κ3) is 6.44. The van der Waals surface area contributed by atoms with E-state index in [1.807, 2.05) is 27.0 Å². The summed E-state index contributed by atoms with van der Waals surface area (Å²) in [6.45, 7) is 7.78. The summed E-state index contributed by atoms with van der Waals surface area (Å²) in [6, 6.07) is 5.49. The maximum Gasteiger partial charge on any atom is 0.416 e. The Kier molecular flexibility index (Phi) is 8.04. The molecule has 1 aliphatic heterocycles. The smallest absolute Gasteiger partial charge is 0.344 e. The number of fused-ring (bicyclic) bond motifs is 1. The number of benzene rings is 1. The quantitative estimate of drug-likeness (QED) is 0.248. The van der Waals surface area contributed by atoms with E-state index < -0.39 is 29.6 Å². The van der Waals surface area contributed by atoms with Crippen molar-refractivity contribution in [2.45, 2.75) is 58.3 Å². The summed E-state index contributed by atoms with van der Waals surface area (Å²) in [6.07, 6.45) is 0.942. The van der Waals surface area contributed by atoms with Crippen molar-refractivity contribution in [2.24, 2.45) is 0 Å². The van der Waals surface area contributed by atoms with Crippen LogP contribution in [0.3, 0.4) is 0 Å². The highest BCUT2D eigenvalue weighted by Crippen LogP contribution is 2.37. The van der Waals surface area contributed by atoms with Gasteiger partial charge in [-0.3, -0.25) is 14.3 Å². The molecule has 0 aliphatic carbocycles. The second-order valence-electron chi connectivity index (χ2n) is 12.1. The van der Waals surface area contributed by atoms with Crippen molar-refractivity contribution in [1.82, 2.24) is 45.1 Å². The number of aromatic nitrogens is 7. The summed E-state index contributed by atoms with van der Waals surface area (Å²) in [7, 11) is 0. The minimum atomic E-state index is -4.70. The van der Waals surface area contributed by atoms with Crippen LogP contribution in [0.15, 0.2) is 47.4 Å². The molecule has 1 fully saturated rings. The van der Waals surface area contributed by atoms with Gasteiger partial charge in [-0.05, 0) is 42.5 Å². The molecular weight excluding hydrogens is 615 g/mol.